The molecule has 0 radical (unpaired) electrons. The van der Waals surface area contributed by atoms with Gasteiger partial charge in [0.25, 0.3) is 0 Å². The van der Waals surface area contributed by atoms with E-state index in [9.17, 15) is 9.32 Å². The molecule has 0 spiro atoms. The Balaban J connectivity index is 2.32. The molecule has 0 fully saturated rings. The van der Waals surface area contributed by atoms with E-state index in [2.05, 4.69) is 5.32 Å². The summed E-state index contributed by atoms with van der Waals surface area (Å²) >= 11 is 5.78. The van der Waals surface area contributed by atoms with Crippen molar-refractivity contribution >= 4 is 22.4 Å². The smallest absolute Gasteiger partial charge is 0.138 e. The van der Waals surface area contributed by atoms with Crippen LogP contribution in [0.25, 0.3) is 0 Å². The van der Waals surface area contributed by atoms with Crippen molar-refractivity contribution in [1.29, 1.82) is 0 Å². The zero-order chi connectivity index (χ0) is 12.0. The first-order valence-electron chi connectivity index (χ1n) is 5.08. The molecule has 0 bridgehead atoms. The lowest BCUT2D eigenvalue weighted by molar-refractivity contribution is 0.465. The Morgan fingerprint density at radius 1 is 1.50 bits per heavy atom. The molecule has 0 saturated heterocycles. The predicted molar refractivity (Wildman–Crippen MR) is 68.4 cm³/mol. The summed E-state index contributed by atoms with van der Waals surface area (Å²) in [6.45, 7) is 1.36. The molecular weight excluding hydrogens is 246 g/mol. The van der Waals surface area contributed by atoms with Gasteiger partial charge in [0.1, 0.15) is 5.75 Å². The predicted octanol–water partition coefficient (Wildman–Crippen LogP) is 1.90. The zero-order valence-electron chi connectivity index (χ0n) is 9.20. The van der Waals surface area contributed by atoms with Gasteiger partial charge in [-0.3, -0.25) is 4.21 Å². The number of para-hydroxylation sites is 1. The van der Waals surface area contributed by atoms with E-state index in [0.29, 0.717) is 17.3 Å². The van der Waals surface area contributed by atoms with Crippen LogP contribution >= 0.6 is 11.6 Å². The topological polar surface area (TPSA) is 49.3 Å². The van der Waals surface area contributed by atoms with Crippen molar-refractivity contribution in [3.8, 4) is 5.75 Å². The lowest BCUT2D eigenvalue weighted by atomic mass is 10.2. The molecule has 5 heteroatoms. The second kappa shape index (κ2) is 6.89. The van der Waals surface area contributed by atoms with Crippen molar-refractivity contribution in [3.05, 3.63) is 28.8 Å². The highest BCUT2D eigenvalue weighted by atomic mass is 35.5. The van der Waals surface area contributed by atoms with E-state index < -0.39 is 10.8 Å². The van der Waals surface area contributed by atoms with Crippen LogP contribution in [0.4, 0.5) is 0 Å². The highest BCUT2D eigenvalue weighted by Crippen LogP contribution is 2.26. The minimum atomic E-state index is -0.732. The first kappa shape index (κ1) is 13.5. The van der Waals surface area contributed by atoms with E-state index in [4.69, 9.17) is 11.6 Å². The summed E-state index contributed by atoms with van der Waals surface area (Å²) in [7, 11) is -0.732. The lowest BCUT2D eigenvalue weighted by Crippen LogP contribution is -2.16. The quantitative estimate of drug-likeness (QED) is 0.769. The van der Waals surface area contributed by atoms with Crippen LogP contribution in [0.1, 0.15) is 12.0 Å². The van der Waals surface area contributed by atoms with Gasteiger partial charge in [0.15, 0.2) is 0 Å². The van der Waals surface area contributed by atoms with E-state index in [1.54, 1.807) is 18.4 Å². The highest BCUT2D eigenvalue weighted by molar-refractivity contribution is 7.84. The Hall–Kier alpha value is -0.580. The van der Waals surface area contributed by atoms with E-state index in [1.807, 2.05) is 6.07 Å². The summed E-state index contributed by atoms with van der Waals surface area (Å²) < 4.78 is 10.8. The van der Waals surface area contributed by atoms with Gasteiger partial charge in [0, 0.05) is 34.9 Å². The number of rotatable bonds is 6. The molecule has 0 aromatic heterocycles. The van der Waals surface area contributed by atoms with Crippen LogP contribution in [0.15, 0.2) is 18.2 Å². The van der Waals surface area contributed by atoms with Crippen LogP contribution in [0.5, 0.6) is 5.75 Å². The third-order valence-corrected chi connectivity index (χ3v) is 3.34. The van der Waals surface area contributed by atoms with Crippen molar-refractivity contribution in [2.45, 2.75) is 13.0 Å². The van der Waals surface area contributed by atoms with Crippen LogP contribution in [0.2, 0.25) is 5.02 Å². The minimum Gasteiger partial charge on any atom is -0.506 e. The van der Waals surface area contributed by atoms with Crippen LogP contribution in [-0.4, -0.2) is 27.9 Å². The van der Waals surface area contributed by atoms with E-state index >= 15 is 0 Å². The van der Waals surface area contributed by atoms with Gasteiger partial charge in [-0.05, 0) is 19.0 Å². The molecule has 1 aromatic carbocycles. The number of benzene rings is 1. The van der Waals surface area contributed by atoms with Crippen LogP contribution in [-0.2, 0) is 17.3 Å². The summed E-state index contributed by atoms with van der Waals surface area (Å²) in [5, 5.41) is 13.2. The normalized spacial score (nSPS) is 12.6. The van der Waals surface area contributed by atoms with Crippen LogP contribution in [0, 0.1) is 0 Å². The molecule has 16 heavy (non-hydrogen) atoms. The average molecular weight is 262 g/mol. The van der Waals surface area contributed by atoms with Gasteiger partial charge in [0.05, 0.1) is 5.02 Å². The minimum absolute atomic E-state index is 0.135. The molecule has 2 N–H and O–H groups in total. The standard InChI is InChI=1S/C11H16ClNO2S/c1-16(15)7-3-6-13-8-9-4-2-5-10(12)11(9)14/h2,4-5,13-14H,3,6-8H2,1H3. The lowest BCUT2D eigenvalue weighted by Gasteiger charge is -2.07. The van der Waals surface area contributed by atoms with Gasteiger partial charge in [-0.1, -0.05) is 23.7 Å². The maximum atomic E-state index is 10.8. The molecule has 0 aliphatic carbocycles. The Kier molecular flexibility index (Phi) is 5.80. The average Bonchev–Trinajstić information content (AvgIpc) is 2.23. The fourth-order valence-electron chi connectivity index (χ4n) is 1.33. The summed E-state index contributed by atoms with van der Waals surface area (Å²) in [6, 6.07) is 5.28. The summed E-state index contributed by atoms with van der Waals surface area (Å²) in [4.78, 5) is 0. The molecule has 1 aromatic rings. The first-order valence-corrected chi connectivity index (χ1v) is 7.19. The number of hydrogen-bond donors (Lipinski definition) is 2. The summed E-state index contributed by atoms with van der Waals surface area (Å²) in [6.07, 6.45) is 2.56. The number of aromatic hydroxyl groups is 1. The van der Waals surface area contributed by atoms with Gasteiger partial charge >= 0.3 is 0 Å². The van der Waals surface area contributed by atoms with Crippen molar-refractivity contribution in [1.82, 2.24) is 5.32 Å². The number of nitrogens with one attached hydrogen (secondary N) is 1. The molecule has 0 heterocycles. The van der Waals surface area contributed by atoms with Gasteiger partial charge in [-0.15, -0.1) is 0 Å². The van der Waals surface area contributed by atoms with Gasteiger partial charge in [-0.25, -0.2) is 0 Å². The van der Waals surface area contributed by atoms with E-state index in [-0.39, 0.29) is 5.75 Å². The summed E-state index contributed by atoms with van der Waals surface area (Å²) in [5.74, 6) is 0.838. The molecule has 90 valence electrons. The molecule has 1 atom stereocenters. The first-order chi connectivity index (χ1) is 7.61. The largest absolute Gasteiger partial charge is 0.506 e. The molecule has 0 aliphatic rings. The van der Waals surface area contributed by atoms with E-state index in [0.717, 1.165) is 18.5 Å². The number of hydrogen-bond acceptors (Lipinski definition) is 3. The van der Waals surface area contributed by atoms with Gasteiger partial charge in [0.2, 0.25) is 0 Å². The molecule has 0 amide bonds. The number of phenolic OH excluding ortho intramolecular Hbond substituents is 1. The second-order valence-corrected chi connectivity index (χ2v) is 5.52. The second-order valence-electron chi connectivity index (χ2n) is 3.56. The zero-order valence-corrected chi connectivity index (χ0v) is 10.8. The Morgan fingerprint density at radius 2 is 2.25 bits per heavy atom. The Bertz CT molecular complexity index is 371. The fraction of sp³-hybridized carbons (Fsp3) is 0.455. The number of halogens is 1. The Labute approximate surface area is 103 Å². The summed E-state index contributed by atoms with van der Waals surface area (Å²) in [5.41, 5.74) is 0.783. The van der Waals surface area contributed by atoms with Crippen molar-refractivity contribution in [2.75, 3.05) is 18.6 Å². The van der Waals surface area contributed by atoms with Gasteiger partial charge in [-0.2, -0.15) is 0 Å². The highest BCUT2D eigenvalue weighted by Gasteiger charge is 2.03. The van der Waals surface area contributed by atoms with Gasteiger partial charge < -0.3 is 10.4 Å². The monoisotopic (exact) mass is 261 g/mol. The van der Waals surface area contributed by atoms with Crippen LogP contribution < -0.4 is 5.32 Å². The molecule has 3 nitrogen and oxygen atoms in total. The fourth-order valence-corrected chi connectivity index (χ4v) is 2.07. The molecular formula is C11H16ClNO2S. The Morgan fingerprint density at radius 3 is 2.94 bits per heavy atom. The van der Waals surface area contributed by atoms with Crippen molar-refractivity contribution in [2.24, 2.45) is 0 Å². The maximum absolute atomic E-state index is 10.8. The van der Waals surface area contributed by atoms with Crippen LogP contribution in [0.3, 0.4) is 0 Å². The molecule has 0 saturated carbocycles. The molecule has 0 aliphatic heterocycles. The number of phenols is 1. The molecule has 1 rings (SSSR count). The van der Waals surface area contributed by atoms with E-state index in [1.165, 1.54) is 0 Å². The maximum Gasteiger partial charge on any atom is 0.138 e. The third kappa shape index (κ3) is 4.51. The molecule has 1 unspecified atom stereocenters. The SMILES string of the molecule is CS(=O)CCCNCc1cccc(Cl)c1O. The van der Waals surface area contributed by atoms with Crippen molar-refractivity contribution < 1.29 is 9.32 Å². The third-order valence-electron chi connectivity index (χ3n) is 2.17. The van der Waals surface area contributed by atoms with Crippen molar-refractivity contribution in [3.63, 3.8) is 0 Å².